The van der Waals surface area contributed by atoms with Gasteiger partial charge in [-0.05, 0) is 27.0 Å². The number of hydrogen-bond donors (Lipinski definition) is 2. The molecule has 3 heteroatoms. The van der Waals surface area contributed by atoms with Crippen LogP contribution in [0.3, 0.4) is 0 Å². The molecular weight excluding hydrogens is 190 g/mol. The Balaban J connectivity index is 2.77. The maximum Gasteiger partial charge on any atom is 0.124 e. The van der Waals surface area contributed by atoms with E-state index in [0.29, 0.717) is 6.61 Å². The predicted octanol–water partition coefficient (Wildman–Crippen LogP) is 1.73. The molecule has 0 heterocycles. The molecule has 0 saturated carbocycles. The standard InChI is InChI=1S/C12H19NO2/c1-9(14)8-15-12-7-5-4-6-11(12)10(2)13-3/h4-7,9-10,13-14H,8H2,1-3H3. The van der Waals surface area contributed by atoms with E-state index in [1.54, 1.807) is 6.92 Å². The van der Waals surface area contributed by atoms with E-state index in [1.165, 1.54) is 0 Å². The summed E-state index contributed by atoms with van der Waals surface area (Å²) < 4.78 is 5.53. The van der Waals surface area contributed by atoms with Gasteiger partial charge in [0.25, 0.3) is 0 Å². The maximum atomic E-state index is 9.16. The minimum atomic E-state index is -0.442. The highest BCUT2D eigenvalue weighted by atomic mass is 16.5. The number of hydrogen-bond acceptors (Lipinski definition) is 3. The molecule has 1 aromatic rings. The van der Waals surface area contributed by atoms with Gasteiger partial charge in [-0.25, -0.2) is 0 Å². The van der Waals surface area contributed by atoms with Crippen molar-refractivity contribution in [2.24, 2.45) is 0 Å². The van der Waals surface area contributed by atoms with Gasteiger partial charge in [0.15, 0.2) is 0 Å². The molecule has 15 heavy (non-hydrogen) atoms. The summed E-state index contributed by atoms with van der Waals surface area (Å²) in [5.41, 5.74) is 1.11. The fourth-order valence-electron chi connectivity index (χ4n) is 1.34. The van der Waals surface area contributed by atoms with Crippen LogP contribution < -0.4 is 10.1 Å². The van der Waals surface area contributed by atoms with Crippen LogP contribution in [-0.4, -0.2) is 24.9 Å². The molecule has 0 spiro atoms. The second kappa shape index (κ2) is 5.73. The van der Waals surface area contributed by atoms with Crippen molar-refractivity contribution in [1.82, 2.24) is 5.32 Å². The minimum absolute atomic E-state index is 0.246. The van der Waals surface area contributed by atoms with E-state index in [-0.39, 0.29) is 6.04 Å². The van der Waals surface area contributed by atoms with Crippen LogP contribution in [0.25, 0.3) is 0 Å². The molecule has 0 aromatic heterocycles. The second-order valence-corrected chi connectivity index (χ2v) is 3.71. The molecule has 0 aliphatic heterocycles. The van der Waals surface area contributed by atoms with Gasteiger partial charge >= 0.3 is 0 Å². The van der Waals surface area contributed by atoms with Gasteiger partial charge < -0.3 is 15.2 Å². The monoisotopic (exact) mass is 209 g/mol. The lowest BCUT2D eigenvalue weighted by atomic mass is 10.1. The SMILES string of the molecule is CNC(C)c1ccccc1OCC(C)O. The molecule has 0 radical (unpaired) electrons. The van der Waals surface area contributed by atoms with Gasteiger partial charge in [0.1, 0.15) is 12.4 Å². The van der Waals surface area contributed by atoms with E-state index in [0.717, 1.165) is 11.3 Å². The van der Waals surface area contributed by atoms with Crippen molar-refractivity contribution in [2.45, 2.75) is 26.0 Å². The van der Waals surface area contributed by atoms with Gasteiger partial charge in [0, 0.05) is 11.6 Å². The average molecular weight is 209 g/mol. The predicted molar refractivity (Wildman–Crippen MR) is 61.1 cm³/mol. The molecule has 0 aliphatic carbocycles. The third kappa shape index (κ3) is 3.53. The molecule has 3 nitrogen and oxygen atoms in total. The van der Waals surface area contributed by atoms with Crippen LogP contribution in [0.1, 0.15) is 25.5 Å². The first-order valence-electron chi connectivity index (χ1n) is 5.22. The van der Waals surface area contributed by atoms with Crippen molar-refractivity contribution in [3.8, 4) is 5.75 Å². The van der Waals surface area contributed by atoms with Gasteiger partial charge in [0.05, 0.1) is 6.10 Å². The van der Waals surface area contributed by atoms with Crippen molar-refractivity contribution >= 4 is 0 Å². The summed E-state index contributed by atoms with van der Waals surface area (Å²) in [5.74, 6) is 0.834. The summed E-state index contributed by atoms with van der Waals surface area (Å²) in [5, 5.41) is 12.3. The summed E-state index contributed by atoms with van der Waals surface area (Å²) in [6.07, 6.45) is -0.442. The Morgan fingerprint density at radius 3 is 2.60 bits per heavy atom. The van der Waals surface area contributed by atoms with E-state index >= 15 is 0 Å². The fourth-order valence-corrected chi connectivity index (χ4v) is 1.34. The van der Waals surface area contributed by atoms with Gasteiger partial charge in [-0.3, -0.25) is 0 Å². The zero-order valence-corrected chi connectivity index (χ0v) is 9.53. The highest BCUT2D eigenvalue weighted by Crippen LogP contribution is 2.24. The van der Waals surface area contributed by atoms with E-state index < -0.39 is 6.10 Å². The number of benzene rings is 1. The number of para-hydroxylation sites is 1. The molecule has 0 saturated heterocycles. The molecular formula is C12H19NO2. The molecule has 2 N–H and O–H groups in total. The first-order chi connectivity index (χ1) is 7.15. The summed E-state index contributed by atoms with van der Waals surface area (Å²) in [7, 11) is 1.91. The zero-order valence-electron chi connectivity index (χ0n) is 9.53. The molecule has 2 atom stereocenters. The van der Waals surface area contributed by atoms with Gasteiger partial charge in [0.2, 0.25) is 0 Å². The van der Waals surface area contributed by atoms with Gasteiger partial charge in [-0.15, -0.1) is 0 Å². The molecule has 84 valence electrons. The van der Waals surface area contributed by atoms with Crippen LogP contribution in [0.15, 0.2) is 24.3 Å². The van der Waals surface area contributed by atoms with Crippen molar-refractivity contribution in [2.75, 3.05) is 13.7 Å². The maximum absolute atomic E-state index is 9.16. The Kier molecular flexibility index (Phi) is 4.59. The topological polar surface area (TPSA) is 41.5 Å². The lowest BCUT2D eigenvalue weighted by Crippen LogP contribution is -2.17. The number of aliphatic hydroxyl groups is 1. The molecule has 2 unspecified atom stereocenters. The zero-order chi connectivity index (χ0) is 11.3. The van der Waals surface area contributed by atoms with Gasteiger partial charge in [-0.1, -0.05) is 18.2 Å². The highest BCUT2D eigenvalue weighted by molar-refractivity contribution is 5.35. The van der Waals surface area contributed by atoms with Crippen LogP contribution in [0, 0.1) is 0 Å². The Bertz CT molecular complexity index is 299. The quantitative estimate of drug-likeness (QED) is 0.776. The van der Waals surface area contributed by atoms with Crippen molar-refractivity contribution in [3.05, 3.63) is 29.8 Å². The molecule has 1 aromatic carbocycles. The Labute approximate surface area is 91.1 Å². The largest absolute Gasteiger partial charge is 0.491 e. The van der Waals surface area contributed by atoms with E-state index in [9.17, 15) is 0 Å². The molecule has 0 bridgehead atoms. The van der Waals surface area contributed by atoms with Crippen molar-refractivity contribution in [1.29, 1.82) is 0 Å². The van der Waals surface area contributed by atoms with Crippen LogP contribution in [0.4, 0.5) is 0 Å². The number of aliphatic hydroxyl groups excluding tert-OH is 1. The molecule has 0 aliphatic rings. The Morgan fingerprint density at radius 1 is 1.33 bits per heavy atom. The minimum Gasteiger partial charge on any atom is -0.491 e. The Hall–Kier alpha value is -1.06. The van der Waals surface area contributed by atoms with Gasteiger partial charge in [-0.2, -0.15) is 0 Å². The van der Waals surface area contributed by atoms with Crippen molar-refractivity contribution < 1.29 is 9.84 Å². The van der Waals surface area contributed by atoms with E-state index in [4.69, 9.17) is 9.84 Å². The number of rotatable bonds is 5. The van der Waals surface area contributed by atoms with Crippen molar-refractivity contribution in [3.63, 3.8) is 0 Å². The smallest absolute Gasteiger partial charge is 0.124 e. The summed E-state index contributed by atoms with van der Waals surface area (Å²) in [6, 6.07) is 8.11. The van der Waals surface area contributed by atoms with E-state index in [2.05, 4.69) is 12.2 Å². The Morgan fingerprint density at radius 2 is 2.00 bits per heavy atom. The molecule has 0 fully saturated rings. The van der Waals surface area contributed by atoms with Crippen LogP contribution in [-0.2, 0) is 0 Å². The number of nitrogens with one attached hydrogen (secondary N) is 1. The lowest BCUT2D eigenvalue weighted by Gasteiger charge is -2.16. The fraction of sp³-hybridized carbons (Fsp3) is 0.500. The third-order valence-corrected chi connectivity index (χ3v) is 2.30. The van der Waals surface area contributed by atoms with Crippen LogP contribution >= 0.6 is 0 Å². The summed E-state index contributed by atoms with van der Waals surface area (Å²) in [4.78, 5) is 0. The third-order valence-electron chi connectivity index (χ3n) is 2.30. The summed E-state index contributed by atoms with van der Waals surface area (Å²) in [6.45, 7) is 4.11. The first kappa shape index (κ1) is 12.0. The normalized spacial score (nSPS) is 14.7. The van der Waals surface area contributed by atoms with E-state index in [1.807, 2.05) is 31.3 Å². The van der Waals surface area contributed by atoms with Crippen LogP contribution in [0.2, 0.25) is 0 Å². The van der Waals surface area contributed by atoms with Crippen LogP contribution in [0.5, 0.6) is 5.75 Å². The number of ether oxygens (including phenoxy) is 1. The summed E-state index contributed by atoms with van der Waals surface area (Å²) >= 11 is 0. The highest BCUT2D eigenvalue weighted by Gasteiger charge is 2.09. The first-order valence-corrected chi connectivity index (χ1v) is 5.22. The molecule has 0 amide bonds. The second-order valence-electron chi connectivity index (χ2n) is 3.71. The lowest BCUT2D eigenvalue weighted by molar-refractivity contribution is 0.122. The molecule has 1 rings (SSSR count). The average Bonchev–Trinajstić information content (AvgIpc) is 2.25.